The van der Waals surface area contributed by atoms with Crippen LogP contribution in [0.5, 0.6) is 0 Å². The maximum Gasteiger partial charge on any atom is 0.232 e. The average molecular weight is 508 g/mol. The molecule has 1 atom stereocenters. The third kappa shape index (κ3) is 6.38. The number of piperazine rings is 1. The van der Waals surface area contributed by atoms with Crippen LogP contribution in [0.3, 0.4) is 0 Å². The minimum atomic E-state index is 0.448. The Labute approximate surface area is 221 Å². The molecule has 8 heteroatoms. The fraction of sp³-hybridized carbons (Fsp3) is 0.607. The first-order chi connectivity index (χ1) is 17.7. The van der Waals surface area contributed by atoms with Gasteiger partial charge in [0.2, 0.25) is 5.95 Å². The summed E-state index contributed by atoms with van der Waals surface area (Å²) in [7, 11) is 0. The summed E-state index contributed by atoms with van der Waals surface area (Å²) in [4.78, 5) is 17.2. The third-order valence-corrected chi connectivity index (χ3v) is 8.16. The predicted molar refractivity (Wildman–Crippen MR) is 154 cm³/mol. The maximum atomic E-state index is 5.72. The van der Waals surface area contributed by atoms with Crippen molar-refractivity contribution in [2.75, 3.05) is 52.7 Å². The number of nitrogens with one attached hydrogen (secondary N) is 2. The Morgan fingerprint density at radius 3 is 2.19 bits per heavy atom. The predicted octanol–water partition coefficient (Wildman–Crippen LogP) is 5.19. The summed E-state index contributed by atoms with van der Waals surface area (Å²) >= 11 is 5.72. The van der Waals surface area contributed by atoms with Gasteiger partial charge in [-0.15, -0.1) is 0 Å². The highest BCUT2D eigenvalue weighted by molar-refractivity contribution is 7.80. The van der Waals surface area contributed by atoms with Gasteiger partial charge in [-0.1, -0.05) is 43.9 Å². The van der Waals surface area contributed by atoms with E-state index in [4.69, 9.17) is 22.2 Å². The molecule has 3 aliphatic rings. The number of para-hydroxylation sites is 1. The maximum absolute atomic E-state index is 5.72. The van der Waals surface area contributed by atoms with Crippen LogP contribution >= 0.6 is 12.2 Å². The molecular weight excluding hydrogens is 466 g/mol. The van der Waals surface area contributed by atoms with E-state index in [1.807, 2.05) is 0 Å². The first kappa shape index (κ1) is 25.1. The zero-order valence-electron chi connectivity index (χ0n) is 21.7. The summed E-state index contributed by atoms with van der Waals surface area (Å²) in [6, 6.07) is 13.8. The van der Waals surface area contributed by atoms with Gasteiger partial charge in [-0.25, -0.2) is 0 Å². The molecule has 194 valence electrons. The second-order valence-corrected chi connectivity index (χ2v) is 11.0. The Morgan fingerprint density at radius 1 is 0.806 bits per heavy atom. The van der Waals surface area contributed by atoms with Crippen LogP contribution in [0.2, 0.25) is 0 Å². The van der Waals surface area contributed by atoms with Gasteiger partial charge in [0.05, 0.1) is 0 Å². The van der Waals surface area contributed by atoms with Crippen LogP contribution < -0.4 is 25.3 Å². The largest absolute Gasteiger partial charge is 0.368 e. The number of hydrogen-bond acceptors (Lipinski definition) is 6. The smallest absolute Gasteiger partial charge is 0.232 e. The number of nitrogens with zero attached hydrogens (tertiary/aromatic N) is 5. The number of thiocarbonyl (C=S) groups is 1. The Kier molecular flexibility index (Phi) is 8.41. The Morgan fingerprint density at radius 2 is 1.47 bits per heavy atom. The van der Waals surface area contributed by atoms with E-state index in [-0.39, 0.29) is 0 Å². The van der Waals surface area contributed by atoms with Gasteiger partial charge in [-0.05, 0) is 63.4 Å². The molecule has 1 saturated carbocycles. The van der Waals surface area contributed by atoms with Gasteiger partial charge in [-0.2, -0.15) is 9.97 Å². The zero-order valence-corrected chi connectivity index (χ0v) is 22.5. The minimum absolute atomic E-state index is 0.448. The van der Waals surface area contributed by atoms with Crippen molar-refractivity contribution < 1.29 is 0 Å². The highest BCUT2D eigenvalue weighted by Crippen LogP contribution is 2.28. The lowest BCUT2D eigenvalue weighted by Gasteiger charge is -2.38. The van der Waals surface area contributed by atoms with Gasteiger partial charge in [0, 0.05) is 56.6 Å². The van der Waals surface area contributed by atoms with Crippen LogP contribution in [0.15, 0.2) is 36.4 Å². The number of piperidine rings is 1. The lowest BCUT2D eigenvalue weighted by Crippen LogP contribution is -2.47. The molecule has 5 rings (SSSR count). The van der Waals surface area contributed by atoms with Crippen LogP contribution in [0.25, 0.3) is 0 Å². The summed E-state index contributed by atoms with van der Waals surface area (Å²) in [6.07, 6.45) is 11.3. The average Bonchev–Trinajstić information content (AvgIpc) is 3.18. The molecule has 7 nitrogen and oxygen atoms in total. The second-order valence-electron chi connectivity index (χ2n) is 10.5. The Balaban J connectivity index is 1.31. The molecule has 2 aliphatic heterocycles. The van der Waals surface area contributed by atoms with Crippen LogP contribution in [0, 0.1) is 0 Å². The molecule has 1 aromatic carbocycles. The Hall–Kier alpha value is -2.61. The summed E-state index contributed by atoms with van der Waals surface area (Å²) in [5.74, 6) is 2.61. The minimum Gasteiger partial charge on any atom is -0.368 e. The molecule has 0 spiro atoms. The van der Waals surface area contributed by atoms with Crippen molar-refractivity contribution in [1.29, 1.82) is 0 Å². The van der Waals surface area contributed by atoms with E-state index >= 15 is 0 Å². The Bertz CT molecular complexity index is 985. The molecule has 3 heterocycles. The molecule has 3 fully saturated rings. The van der Waals surface area contributed by atoms with Gasteiger partial charge in [-0.3, -0.25) is 0 Å². The molecular formula is C28H41N7S. The normalized spacial score (nSPS) is 21.7. The lowest BCUT2D eigenvalue weighted by molar-refractivity contribution is 0.481. The van der Waals surface area contributed by atoms with Crippen LogP contribution in [0.1, 0.15) is 64.7 Å². The van der Waals surface area contributed by atoms with Gasteiger partial charge >= 0.3 is 0 Å². The van der Waals surface area contributed by atoms with E-state index in [0.29, 0.717) is 23.1 Å². The van der Waals surface area contributed by atoms with E-state index in [9.17, 15) is 0 Å². The lowest BCUT2D eigenvalue weighted by atomic mass is 10.0. The molecule has 1 aromatic heterocycles. The molecule has 2 saturated heterocycles. The van der Waals surface area contributed by atoms with Crippen LogP contribution in [-0.2, 0) is 0 Å². The van der Waals surface area contributed by atoms with Crippen molar-refractivity contribution in [3.63, 3.8) is 0 Å². The van der Waals surface area contributed by atoms with Crippen molar-refractivity contribution >= 4 is 40.6 Å². The van der Waals surface area contributed by atoms with Gasteiger partial charge < -0.3 is 25.3 Å². The van der Waals surface area contributed by atoms with Crippen molar-refractivity contribution in [1.82, 2.24) is 15.3 Å². The van der Waals surface area contributed by atoms with E-state index in [2.05, 4.69) is 68.7 Å². The van der Waals surface area contributed by atoms with E-state index < -0.39 is 0 Å². The zero-order chi connectivity index (χ0) is 24.7. The molecule has 36 heavy (non-hydrogen) atoms. The highest BCUT2D eigenvalue weighted by Gasteiger charge is 2.24. The number of anilines is 4. The highest BCUT2D eigenvalue weighted by atomic mass is 32.1. The standard InChI is InChI=1S/C28H41N7S/c1-22-11-9-10-16-35(22)26-21-25(34-19-17-33(18-20-34)24-14-7-4-8-15-24)30-27(31-26)32-28(36)29-23-12-5-2-3-6-13-23/h4,7-8,14-15,21-23H,2-3,5-6,9-13,16-20H2,1H3,(H2,29,30,31,32,36). The molecule has 2 aromatic rings. The molecule has 2 N–H and O–H groups in total. The first-order valence-corrected chi connectivity index (χ1v) is 14.3. The van der Waals surface area contributed by atoms with Crippen LogP contribution in [-0.4, -0.2) is 59.9 Å². The van der Waals surface area contributed by atoms with Crippen molar-refractivity contribution in [2.24, 2.45) is 0 Å². The first-order valence-electron chi connectivity index (χ1n) is 13.9. The number of rotatable bonds is 5. The molecule has 1 aliphatic carbocycles. The summed E-state index contributed by atoms with van der Waals surface area (Å²) in [6.45, 7) is 7.19. The summed E-state index contributed by atoms with van der Waals surface area (Å²) in [5.41, 5.74) is 1.29. The quantitative estimate of drug-likeness (QED) is 0.424. The number of aromatic nitrogens is 2. The van der Waals surface area contributed by atoms with Gasteiger partial charge in [0.15, 0.2) is 5.11 Å². The molecule has 0 bridgehead atoms. The molecule has 1 unspecified atom stereocenters. The fourth-order valence-electron chi connectivity index (χ4n) is 5.80. The molecule has 0 amide bonds. The van der Waals surface area contributed by atoms with Crippen LogP contribution in [0.4, 0.5) is 23.3 Å². The van der Waals surface area contributed by atoms with E-state index in [1.54, 1.807) is 0 Å². The third-order valence-electron chi connectivity index (χ3n) is 7.94. The van der Waals surface area contributed by atoms with Crippen molar-refractivity contribution in [2.45, 2.75) is 76.8 Å². The van der Waals surface area contributed by atoms with E-state index in [1.165, 1.54) is 63.5 Å². The van der Waals surface area contributed by atoms with E-state index in [0.717, 1.165) is 44.4 Å². The number of benzene rings is 1. The summed E-state index contributed by atoms with van der Waals surface area (Å²) in [5, 5.41) is 7.54. The summed E-state index contributed by atoms with van der Waals surface area (Å²) < 4.78 is 0. The monoisotopic (exact) mass is 507 g/mol. The SMILES string of the molecule is CC1CCCCN1c1cc(N2CCN(c3ccccc3)CC2)nc(NC(=S)NC2CCCCCC2)n1. The molecule has 0 radical (unpaired) electrons. The van der Waals surface area contributed by atoms with Gasteiger partial charge in [0.25, 0.3) is 0 Å². The van der Waals surface area contributed by atoms with Gasteiger partial charge in [0.1, 0.15) is 11.6 Å². The fourth-order valence-corrected chi connectivity index (χ4v) is 6.06. The number of hydrogen-bond donors (Lipinski definition) is 2. The topological polar surface area (TPSA) is 59.6 Å². The van der Waals surface area contributed by atoms with Crippen molar-refractivity contribution in [3.05, 3.63) is 36.4 Å². The second kappa shape index (κ2) is 12.1. The van der Waals surface area contributed by atoms with Crippen molar-refractivity contribution in [3.8, 4) is 0 Å².